The Hall–Kier alpha value is -1.38. The van der Waals surface area contributed by atoms with Gasteiger partial charge in [-0.05, 0) is 50.0 Å². The second-order valence-corrected chi connectivity index (χ2v) is 7.30. The molecule has 2 rings (SSSR count). The maximum absolute atomic E-state index is 11.8. The van der Waals surface area contributed by atoms with Crippen LogP contribution < -0.4 is 0 Å². The van der Waals surface area contributed by atoms with Crippen LogP contribution in [-0.2, 0) is 9.84 Å². The summed E-state index contributed by atoms with van der Waals surface area (Å²) in [5, 5.41) is 9.37. The Balaban J connectivity index is 2.37. The van der Waals surface area contributed by atoms with Gasteiger partial charge < -0.3 is 4.90 Å². The van der Waals surface area contributed by atoms with E-state index in [1.807, 2.05) is 6.07 Å². The van der Waals surface area contributed by atoms with Crippen LogP contribution in [0.3, 0.4) is 0 Å². The fourth-order valence-electron chi connectivity index (χ4n) is 2.88. The van der Waals surface area contributed by atoms with Crippen LogP contribution in [0.5, 0.6) is 0 Å². The zero-order chi connectivity index (χ0) is 14.8. The minimum Gasteiger partial charge on any atom is -0.304 e. The van der Waals surface area contributed by atoms with Gasteiger partial charge in [0.25, 0.3) is 0 Å². The lowest BCUT2D eigenvalue weighted by Crippen LogP contribution is -2.32. The standard InChI is InChI=1S/C15H20N2O2S/c1-3-17-9-7-12(8-10-17)13-5-4-6-15(14(13)11-16)20(2,18)19/h4-6,12H,3,7-10H2,1-2H3. The highest BCUT2D eigenvalue weighted by Crippen LogP contribution is 2.32. The molecule has 0 spiro atoms. The van der Waals surface area contributed by atoms with Crippen molar-refractivity contribution >= 4 is 9.84 Å². The zero-order valence-corrected chi connectivity index (χ0v) is 12.8. The molecule has 1 aromatic carbocycles. The number of nitrogens with zero attached hydrogens (tertiary/aromatic N) is 2. The SMILES string of the molecule is CCN1CCC(c2cccc(S(C)(=O)=O)c2C#N)CC1. The van der Waals surface area contributed by atoms with Crippen molar-refractivity contribution in [1.82, 2.24) is 4.90 Å². The van der Waals surface area contributed by atoms with E-state index in [-0.39, 0.29) is 10.8 Å². The number of piperidine rings is 1. The average molecular weight is 292 g/mol. The summed E-state index contributed by atoms with van der Waals surface area (Å²) in [6, 6.07) is 7.28. The first-order chi connectivity index (χ1) is 9.47. The summed E-state index contributed by atoms with van der Waals surface area (Å²) in [5.74, 6) is 0.286. The molecule has 0 aliphatic carbocycles. The van der Waals surface area contributed by atoms with Crippen LogP contribution in [-0.4, -0.2) is 39.2 Å². The smallest absolute Gasteiger partial charge is 0.176 e. The molecule has 1 aliphatic rings. The molecule has 0 N–H and O–H groups in total. The third-order valence-corrected chi connectivity index (χ3v) is 5.18. The summed E-state index contributed by atoms with van der Waals surface area (Å²) in [6.45, 7) is 5.21. The number of likely N-dealkylation sites (tertiary alicyclic amines) is 1. The fourth-order valence-corrected chi connectivity index (χ4v) is 3.74. The fraction of sp³-hybridized carbons (Fsp3) is 0.533. The number of benzene rings is 1. The van der Waals surface area contributed by atoms with Crippen LogP contribution in [0.25, 0.3) is 0 Å². The molecule has 0 aromatic heterocycles. The molecule has 1 aliphatic heterocycles. The van der Waals surface area contributed by atoms with Crippen LogP contribution >= 0.6 is 0 Å². The summed E-state index contributed by atoms with van der Waals surface area (Å²) < 4.78 is 23.6. The molecular weight excluding hydrogens is 272 g/mol. The van der Waals surface area contributed by atoms with Crippen molar-refractivity contribution in [1.29, 1.82) is 5.26 Å². The quantitative estimate of drug-likeness (QED) is 0.856. The largest absolute Gasteiger partial charge is 0.304 e. The molecular formula is C15H20N2O2S. The summed E-state index contributed by atoms with van der Waals surface area (Å²) in [4.78, 5) is 2.54. The van der Waals surface area contributed by atoms with Crippen molar-refractivity contribution in [3.05, 3.63) is 29.3 Å². The lowest BCUT2D eigenvalue weighted by molar-refractivity contribution is 0.222. The highest BCUT2D eigenvalue weighted by atomic mass is 32.2. The molecule has 0 unspecified atom stereocenters. The van der Waals surface area contributed by atoms with Crippen molar-refractivity contribution in [2.75, 3.05) is 25.9 Å². The second-order valence-electron chi connectivity index (χ2n) is 5.31. The normalized spacial score (nSPS) is 17.9. The van der Waals surface area contributed by atoms with E-state index in [2.05, 4.69) is 17.9 Å². The average Bonchev–Trinajstić information content (AvgIpc) is 2.45. The van der Waals surface area contributed by atoms with Crippen molar-refractivity contribution in [3.63, 3.8) is 0 Å². The van der Waals surface area contributed by atoms with Gasteiger partial charge in [0.2, 0.25) is 0 Å². The van der Waals surface area contributed by atoms with Gasteiger partial charge in [-0.1, -0.05) is 19.1 Å². The lowest BCUT2D eigenvalue weighted by Gasteiger charge is -2.31. The monoisotopic (exact) mass is 292 g/mol. The molecule has 108 valence electrons. The number of hydrogen-bond acceptors (Lipinski definition) is 4. The Bertz CT molecular complexity index is 624. The molecule has 0 saturated carbocycles. The number of nitriles is 1. The topological polar surface area (TPSA) is 61.2 Å². The highest BCUT2D eigenvalue weighted by Gasteiger charge is 2.25. The first-order valence-electron chi connectivity index (χ1n) is 6.92. The van der Waals surface area contributed by atoms with E-state index in [4.69, 9.17) is 0 Å². The van der Waals surface area contributed by atoms with Gasteiger partial charge in [-0.3, -0.25) is 0 Å². The van der Waals surface area contributed by atoms with Crippen LogP contribution in [0.1, 0.15) is 36.8 Å². The minimum atomic E-state index is -3.36. The van der Waals surface area contributed by atoms with Gasteiger partial charge in [-0.15, -0.1) is 0 Å². The molecule has 4 nitrogen and oxygen atoms in total. The molecule has 1 fully saturated rings. The Morgan fingerprint density at radius 1 is 1.35 bits per heavy atom. The first-order valence-corrected chi connectivity index (χ1v) is 8.82. The lowest BCUT2D eigenvalue weighted by atomic mass is 9.87. The summed E-state index contributed by atoms with van der Waals surface area (Å²) >= 11 is 0. The predicted molar refractivity (Wildman–Crippen MR) is 78.4 cm³/mol. The molecule has 1 aromatic rings. The summed E-state index contributed by atoms with van der Waals surface area (Å²) in [6.07, 6.45) is 3.12. The van der Waals surface area contributed by atoms with Gasteiger partial charge in [0, 0.05) is 6.26 Å². The van der Waals surface area contributed by atoms with Crippen LogP contribution in [0.4, 0.5) is 0 Å². The van der Waals surface area contributed by atoms with E-state index in [0.717, 1.165) is 44.3 Å². The van der Waals surface area contributed by atoms with Gasteiger partial charge in [0.1, 0.15) is 6.07 Å². The molecule has 0 amide bonds. The van der Waals surface area contributed by atoms with E-state index in [9.17, 15) is 13.7 Å². The van der Waals surface area contributed by atoms with Crippen LogP contribution in [0.15, 0.2) is 23.1 Å². The Morgan fingerprint density at radius 3 is 2.50 bits per heavy atom. The van der Waals surface area contributed by atoms with Gasteiger partial charge in [-0.25, -0.2) is 8.42 Å². The van der Waals surface area contributed by atoms with Crippen LogP contribution in [0.2, 0.25) is 0 Å². The van der Waals surface area contributed by atoms with Crippen LogP contribution in [0, 0.1) is 11.3 Å². The molecule has 1 saturated heterocycles. The van der Waals surface area contributed by atoms with Gasteiger partial charge in [-0.2, -0.15) is 5.26 Å². The Morgan fingerprint density at radius 2 is 2.00 bits per heavy atom. The maximum Gasteiger partial charge on any atom is 0.176 e. The molecule has 20 heavy (non-hydrogen) atoms. The number of hydrogen-bond donors (Lipinski definition) is 0. The molecule has 0 bridgehead atoms. The van der Waals surface area contributed by atoms with Gasteiger partial charge in [0.15, 0.2) is 9.84 Å². The number of sulfone groups is 1. The molecule has 0 radical (unpaired) electrons. The van der Waals surface area contributed by atoms with E-state index in [1.54, 1.807) is 6.07 Å². The predicted octanol–water partition coefficient (Wildman–Crippen LogP) is 2.16. The first kappa shape index (κ1) is 15.0. The third-order valence-electron chi connectivity index (χ3n) is 4.04. The molecule has 5 heteroatoms. The third kappa shape index (κ3) is 3.02. The second kappa shape index (κ2) is 5.94. The van der Waals surface area contributed by atoms with Crippen molar-refractivity contribution in [2.45, 2.75) is 30.6 Å². The van der Waals surface area contributed by atoms with Crippen molar-refractivity contribution in [2.24, 2.45) is 0 Å². The summed E-state index contributed by atoms with van der Waals surface area (Å²) in [5.41, 5.74) is 1.23. The van der Waals surface area contributed by atoms with Gasteiger partial charge in [0.05, 0.1) is 10.5 Å². The zero-order valence-electron chi connectivity index (χ0n) is 12.0. The molecule has 0 atom stereocenters. The summed E-state index contributed by atoms with van der Waals surface area (Å²) in [7, 11) is -3.36. The Labute approximate surface area is 120 Å². The van der Waals surface area contributed by atoms with E-state index in [0.29, 0.717) is 5.56 Å². The Kier molecular flexibility index (Phi) is 4.46. The van der Waals surface area contributed by atoms with Gasteiger partial charge >= 0.3 is 0 Å². The highest BCUT2D eigenvalue weighted by molar-refractivity contribution is 7.90. The maximum atomic E-state index is 11.8. The minimum absolute atomic E-state index is 0.162. The van der Waals surface area contributed by atoms with E-state index in [1.165, 1.54) is 6.07 Å². The van der Waals surface area contributed by atoms with E-state index >= 15 is 0 Å². The van der Waals surface area contributed by atoms with E-state index < -0.39 is 9.84 Å². The molecule has 1 heterocycles. The van der Waals surface area contributed by atoms with Crippen molar-refractivity contribution in [3.8, 4) is 6.07 Å². The van der Waals surface area contributed by atoms with Crippen molar-refractivity contribution < 1.29 is 8.42 Å². The number of rotatable bonds is 3.